The van der Waals surface area contributed by atoms with E-state index in [2.05, 4.69) is 55.4 Å². The van der Waals surface area contributed by atoms with Crippen LogP contribution in [0.15, 0.2) is 0 Å². The Bertz CT molecular complexity index is 377. The molecule has 5 unspecified atom stereocenters. The van der Waals surface area contributed by atoms with Crippen molar-refractivity contribution in [3.8, 4) is 0 Å². The first-order valence-electron chi connectivity index (χ1n) is 6.98. The summed E-state index contributed by atoms with van der Waals surface area (Å²) in [6.07, 6.45) is 1.44. The van der Waals surface area contributed by atoms with Crippen molar-refractivity contribution >= 4 is 0 Å². The van der Waals surface area contributed by atoms with Gasteiger partial charge in [0.1, 0.15) is 0 Å². The van der Waals surface area contributed by atoms with Crippen LogP contribution in [0.2, 0.25) is 0 Å². The predicted octanol–water partition coefficient (Wildman–Crippen LogP) is 4.74. The zero-order valence-corrected chi connectivity index (χ0v) is 12.4. The van der Waals surface area contributed by atoms with Crippen molar-refractivity contribution in [3.63, 3.8) is 0 Å². The fourth-order valence-electron chi connectivity index (χ4n) is 7.42. The third-order valence-corrected chi connectivity index (χ3v) is 8.63. The van der Waals surface area contributed by atoms with Crippen LogP contribution in [0.1, 0.15) is 61.8 Å². The zero-order valence-electron chi connectivity index (χ0n) is 12.4. The molecule has 0 radical (unpaired) electrons. The lowest BCUT2D eigenvalue weighted by atomic mass is 9.08. The average molecular weight is 220 g/mol. The minimum atomic E-state index is 0.531. The van der Waals surface area contributed by atoms with Crippen LogP contribution in [0.5, 0.6) is 0 Å². The fourth-order valence-corrected chi connectivity index (χ4v) is 7.42. The van der Waals surface area contributed by atoms with Crippen LogP contribution in [0.25, 0.3) is 0 Å². The molecule has 16 heavy (non-hydrogen) atoms. The molecule has 3 saturated carbocycles. The van der Waals surface area contributed by atoms with Gasteiger partial charge in [-0.15, -0.1) is 0 Å². The molecule has 0 aliphatic heterocycles. The van der Waals surface area contributed by atoms with E-state index < -0.39 is 0 Å². The maximum Gasteiger partial charge on any atom is -0.0155 e. The van der Waals surface area contributed by atoms with Crippen molar-refractivity contribution in [2.24, 2.45) is 38.9 Å². The average Bonchev–Trinajstić information content (AvgIpc) is 2.14. The van der Waals surface area contributed by atoms with Gasteiger partial charge >= 0.3 is 0 Å². The predicted molar refractivity (Wildman–Crippen MR) is 69.2 cm³/mol. The third-order valence-electron chi connectivity index (χ3n) is 8.63. The Kier molecular flexibility index (Phi) is 1.49. The Labute approximate surface area is 101 Å². The molecule has 3 fully saturated rings. The molecule has 0 nitrogen and oxygen atoms in total. The molecule has 0 heterocycles. The standard InChI is InChI=1S/C16H28/c1-10-11-14(6)9-12(2,3)16(14,8)15(11,7)13(10,4)5/h10-11H,9H2,1-8H3. The van der Waals surface area contributed by atoms with Gasteiger partial charge < -0.3 is 0 Å². The van der Waals surface area contributed by atoms with E-state index in [0.717, 1.165) is 11.8 Å². The summed E-state index contributed by atoms with van der Waals surface area (Å²) in [5.74, 6) is 1.89. The molecule has 3 aliphatic rings. The third kappa shape index (κ3) is 0.578. The highest BCUT2D eigenvalue weighted by atomic mass is 15.0. The highest BCUT2D eigenvalue weighted by Crippen LogP contribution is 2.97. The molecule has 0 aromatic rings. The second-order valence-electron chi connectivity index (χ2n) is 8.79. The van der Waals surface area contributed by atoms with Gasteiger partial charge in [0.15, 0.2) is 0 Å². The van der Waals surface area contributed by atoms with Crippen molar-refractivity contribution in [3.05, 3.63) is 0 Å². The van der Waals surface area contributed by atoms with Crippen molar-refractivity contribution in [1.82, 2.24) is 0 Å². The Morgan fingerprint density at radius 1 is 0.875 bits per heavy atom. The minimum Gasteiger partial charge on any atom is -0.0617 e. The second kappa shape index (κ2) is 2.15. The molecule has 0 aromatic heterocycles. The smallest absolute Gasteiger partial charge is 0.0155 e. The molecule has 0 heteroatoms. The van der Waals surface area contributed by atoms with Crippen LogP contribution in [0.4, 0.5) is 0 Å². The number of fused-ring (bicyclic) bond motifs is 4. The van der Waals surface area contributed by atoms with Crippen molar-refractivity contribution < 1.29 is 0 Å². The van der Waals surface area contributed by atoms with Gasteiger partial charge in [0.25, 0.3) is 0 Å². The molecule has 0 bridgehead atoms. The summed E-state index contributed by atoms with van der Waals surface area (Å²) in [7, 11) is 0. The van der Waals surface area contributed by atoms with E-state index in [1.807, 2.05) is 0 Å². The summed E-state index contributed by atoms with van der Waals surface area (Å²) in [6, 6.07) is 0. The van der Waals surface area contributed by atoms with Crippen LogP contribution in [-0.4, -0.2) is 0 Å². The first-order valence-corrected chi connectivity index (χ1v) is 6.98. The lowest BCUT2D eigenvalue weighted by molar-refractivity contribution is -0.491. The van der Waals surface area contributed by atoms with Crippen molar-refractivity contribution in [2.75, 3.05) is 0 Å². The molecule has 0 amide bonds. The Morgan fingerprint density at radius 3 is 1.81 bits per heavy atom. The lowest BCUT2D eigenvalue weighted by Gasteiger charge is -2.96. The van der Waals surface area contributed by atoms with E-state index in [4.69, 9.17) is 0 Å². The number of rotatable bonds is 0. The molecule has 0 N–H and O–H groups in total. The summed E-state index contributed by atoms with van der Waals surface area (Å²) >= 11 is 0. The number of hydrogen-bond donors (Lipinski definition) is 0. The Morgan fingerprint density at radius 2 is 1.38 bits per heavy atom. The molecule has 0 saturated heterocycles. The maximum atomic E-state index is 2.58. The SMILES string of the molecule is CC1C2C3(C)CC(C)(C)C3(C)C2(C)C1(C)C. The van der Waals surface area contributed by atoms with Gasteiger partial charge in [0, 0.05) is 0 Å². The van der Waals surface area contributed by atoms with Gasteiger partial charge in [-0.25, -0.2) is 0 Å². The van der Waals surface area contributed by atoms with E-state index in [9.17, 15) is 0 Å². The van der Waals surface area contributed by atoms with Crippen LogP contribution in [-0.2, 0) is 0 Å². The van der Waals surface area contributed by atoms with Crippen LogP contribution < -0.4 is 0 Å². The first-order chi connectivity index (χ1) is 6.98. The van der Waals surface area contributed by atoms with Crippen molar-refractivity contribution in [1.29, 1.82) is 0 Å². The van der Waals surface area contributed by atoms with E-state index in [0.29, 0.717) is 27.1 Å². The van der Waals surface area contributed by atoms with E-state index in [1.165, 1.54) is 6.42 Å². The molecular weight excluding hydrogens is 192 g/mol. The van der Waals surface area contributed by atoms with Crippen LogP contribution in [0, 0.1) is 38.9 Å². The fraction of sp³-hybridized carbons (Fsp3) is 1.00. The maximum absolute atomic E-state index is 2.58. The Hall–Kier alpha value is 0. The second-order valence-corrected chi connectivity index (χ2v) is 8.79. The summed E-state index contributed by atoms with van der Waals surface area (Å²) < 4.78 is 0. The topological polar surface area (TPSA) is 0 Å². The largest absolute Gasteiger partial charge is 0.0617 e. The highest BCUT2D eigenvalue weighted by Gasteiger charge is 2.92. The molecule has 3 aliphatic carbocycles. The summed E-state index contributed by atoms with van der Waals surface area (Å²) in [5, 5.41) is 0. The molecular formula is C16H28. The summed E-state index contributed by atoms with van der Waals surface area (Å²) in [4.78, 5) is 0. The first kappa shape index (κ1) is 11.1. The molecule has 5 atom stereocenters. The molecule has 3 rings (SSSR count). The van der Waals surface area contributed by atoms with Gasteiger partial charge in [0.05, 0.1) is 0 Å². The van der Waals surface area contributed by atoms with Gasteiger partial charge in [-0.1, -0.05) is 55.4 Å². The zero-order chi connectivity index (χ0) is 12.4. The summed E-state index contributed by atoms with van der Waals surface area (Å²) in [5.41, 5.74) is 2.86. The normalized spacial score (nSPS) is 64.5. The van der Waals surface area contributed by atoms with E-state index in [1.54, 1.807) is 0 Å². The van der Waals surface area contributed by atoms with Crippen LogP contribution in [0.3, 0.4) is 0 Å². The Balaban J connectivity index is 2.12. The molecule has 92 valence electrons. The highest BCUT2D eigenvalue weighted by molar-refractivity contribution is 5.39. The minimum absolute atomic E-state index is 0.531. The number of hydrogen-bond acceptors (Lipinski definition) is 0. The van der Waals surface area contributed by atoms with Gasteiger partial charge in [-0.3, -0.25) is 0 Å². The van der Waals surface area contributed by atoms with E-state index >= 15 is 0 Å². The quantitative estimate of drug-likeness (QED) is 0.553. The van der Waals surface area contributed by atoms with Crippen molar-refractivity contribution in [2.45, 2.75) is 61.8 Å². The monoisotopic (exact) mass is 220 g/mol. The lowest BCUT2D eigenvalue weighted by Crippen LogP contribution is -2.91. The summed E-state index contributed by atoms with van der Waals surface area (Å²) in [6.45, 7) is 20.2. The van der Waals surface area contributed by atoms with E-state index in [-0.39, 0.29) is 0 Å². The van der Waals surface area contributed by atoms with Crippen LogP contribution >= 0.6 is 0 Å². The van der Waals surface area contributed by atoms with Gasteiger partial charge in [-0.05, 0) is 45.3 Å². The molecule has 0 spiro atoms. The van der Waals surface area contributed by atoms with Gasteiger partial charge in [-0.2, -0.15) is 0 Å². The van der Waals surface area contributed by atoms with Gasteiger partial charge in [0.2, 0.25) is 0 Å². The molecule has 0 aromatic carbocycles.